The van der Waals surface area contributed by atoms with Crippen LogP contribution in [0.15, 0.2) is 18.2 Å². The first-order valence-corrected chi connectivity index (χ1v) is 7.80. The van der Waals surface area contributed by atoms with E-state index in [1.165, 1.54) is 37.5 Å². The quantitative estimate of drug-likeness (QED) is 0.759. The van der Waals surface area contributed by atoms with Gasteiger partial charge in [-0.3, -0.25) is 0 Å². The number of hydrogen-bond acceptors (Lipinski definition) is 1. The molecule has 1 N–H and O–H groups in total. The van der Waals surface area contributed by atoms with Crippen molar-refractivity contribution >= 4 is 0 Å². The summed E-state index contributed by atoms with van der Waals surface area (Å²) in [7, 11) is 0. The molecular formula is C17H25F2N. The molecule has 0 aromatic heterocycles. The minimum atomic E-state index is -0.398. The van der Waals surface area contributed by atoms with E-state index in [-0.39, 0.29) is 11.0 Å². The van der Waals surface area contributed by atoms with Crippen LogP contribution in [0.1, 0.15) is 51.0 Å². The van der Waals surface area contributed by atoms with Gasteiger partial charge in [0, 0.05) is 12.1 Å². The summed E-state index contributed by atoms with van der Waals surface area (Å²) in [5, 5.41) is 3.46. The number of benzene rings is 1. The zero-order valence-electron chi connectivity index (χ0n) is 12.4. The summed E-state index contributed by atoms with van der Waals surface area (Å²) in [6.07, 6.45) is 7.32. The maximum Gasteiger partial charge on any atom is 0.129 e. The average Bonchev–Trinajstić information content (AvgIpc) is 2.45. The van der Waals surface area contributed by atoms with Crippen LogP contribution in [-0.4, -0.2) is 13.1 Å². The van der Waals surface area contributed by atoms with Crippen LogP contribution in [0.5, 0.6) is 0 Å². The summed E-state index contributed by atoms with van der Waals surface area (Å²) in [5.41, 5.74) is 0.295. The first kappa shape index (κ1) is 15.4. The molecule has 1 saturated carbocycles. The van der Waals surface area contributed by atoms with Crippen LogP contribution in [0.4, 0.5) is 8.78 Å². The molecule has 0 heterocycles. The third-order valence-corrected chi connectivity index (χ3v) is 4.45. The molecule has 3 heteroatoms. The number of nitrogens with one attached hydrogen (secondary N) is 1. The summed E-state index contributed by atoms with van der Waals surface area (Å²) in [4.78, 5) is 0. The van der Waals surface area contributed by atoms with E-state index in [9.17, 15) is 8.78 Å². The second kappa shape index (κ2) is 7.16. The van der Waals surface area contributed by atoms with E-state index in [1.807, 2.05) is 0 Å². The summed E-state index contributed by atoms with van der Waals surface area (Å²) in [5.74, 6) is -0.795. The zero-order valence-corrected chi connectivity index (χ0v) is 12.4. The topological polar surface area (TPSA) is 12.0 Å². The van der Waals surface area contributed by atoms with Crippen molar-refractivity contribution in [2.24, 2.45) is 5.41 Å². The van der Waals surface area contributed by atoms with Gasteiger partial charge in [-0.1, -0.05) is 32.3 Å². The molecule has 2 rings (SSSR count). The molecule has 112 valence electrons. The molecule has 1 aliphatic rings. The van der Waals surface area contributed by atoms with Crippen LogP contribution in [-0.2, 0) is 6.42 Å². The van der Waals surface area contributed by atoms with Gasteiger partial charge >= 0.3 is 0 Å². The van der Waals surface area contributed by atoms with Crippen molar-refractivity contribution in [2.75, 3.05) is 13.1 Å². The minimum Gasteiger partial charge on any atom is -0.316 e. The molecule has 0 spiro atoms. The fraction of sp³-hybridized carbons (Fsp3) is 0.647. The van der Waals surface area contributed by atoms with Gasteiger partial charge in [0.2, 0.25) is 0 Å². The van der Waals surface area contributed by atoms with Crippen LogP contribution >= 0.6 is 0 Å². The fourth-order valence-corrected chi connectivity index (χ4v) is 3.32. The lowest BCUT2D eigenvalue weighted by Gasteiger charge is -2.38. The highest BCUT2D eigenvalue weighted by Crippen LogP contribution is 2.39. The maximum absolute atomic E-state index is 13.9. The highest BCUT2D eigenvalue weighted by Gasteiger charge is 2.33. The van der Waals surface area contributed by atoms with E-state index in [2.05, 4.69) is 12.2 Å². The summed E-state index contributed by atoms with van der Waals surface area (Å²) >= 11 is 0. The van der Waals surface area contributed by atoms with Crippen LogP contribution in [0, 0.1) is 17.0 Å². The molecule has 1 fully saturated rings. The Bertz CT molecular complexity index is 405. The molecule has 1 nitrogen and oxygen atoms in total. The van der Waals surface area contributed by atoms with E-state index in [0.29, 0.717) is 6.42 Å². The predicted molar refractivity (Wildman–Crippen MR) is 78.7 cm³/mol. The third kappa shape index (κ3) is 3.78. The standard InChI is InChI=1S/C17H25F2N/c1-2-11-20-13-17(9-4-3-5-10-17)12-14-15(18)7-6-8-16(14)19/h6-8,20H,2-5,9-13H2,1H3. The molecule has 0 radical (unpaired) electrons. The lowest BCUT2D eigenvalue weighted by molar-refractivity contribution is 0.177. The number of hydrogen-bond donors (Lipinski definition) is 1. The molecule has 0 amide bonds. The highest BCUT2D eigenvalue weighted by atomic mass is 19.1. The van der Waals surface area contributed by atoms with Crippen LogP contribution in [0.3, 0.4) is 0 Å². The smallest absolute Gasteiger partial charge is 0.129 e. The summed E-state index contributed by atoms with van der Waals surface area (Å²) < 4.78 is 27.8. The van der Waals surface area contributed by atoms with Gasteiger partial charge in [0.1, 0.15) is 11.6 Å². The van der Waals surface area contributed by atoms with Crippen molar-refractivity contribution in [1.82, 2.24) is 5.32 Å². The number of rotatable bonds is 6. The van der Waals surface area contributed by atoms with Gasteiger partial charge in [0.05, 0.1) is 0 Å². The van der Waals surface area contributed by atoms with Crippen LogP contribution in [0.2, 0.25) is 0 Å². The zero-order chi connectivity index (χ0) is 14.4. The molecule has 0 atom stereocenters. The van der Waals surface area contributed by atoms with Crippen molar-refractivity contribution in [3.05, 3.63) is 35.4 Å². The molecule has 0 aliphatic heterocycles. The highest BCUT2D eigenvalue weighted by molar-refractivity contribution is 5.21. The van der Waals surface area contributed by atoms with Crippen molar-refractivity contribution in [2.45, 2.75) is 51.9 Å². The minimum absolute atomic E-state index is 0.0243. The molecule has 0 unspecified atom stereocenters. The van der Waals surface area contributed by atoms with Gasteiger partial charge in [-0.05, 0) is 49.8 Å². The molecule has 1 aromatic carbocycles. The third-order valence-electron chi connectivity index (χ3n) is 4.45. The van der Waals surface area contributed by atoms with Crippen LogP contribution < -0.4 is 5.32 Å². The van der Waals surface area contributed by atoms with Gasteiger partial charge in [-0.15, -0.1) is 0 Å². The Labute approximate surface area is 120 Å². The Hall–Kier alpha value is -0.960. The fourth-order valence-electron chi connectivity index (χ4n) is 3.32. The van der Waals surface area contributed by atoms with E-state index >= 15 is 0 Å². The summed E-state index contributed by atoms with van der Waals surface area (Å²) in [6, 6.07) is 4.18. The van der Waals surface area contributed by atoms with Crippen molar-refractivity contribution in [3.8, 4) is 0 Å². The largest absolute Gasteiger partial charge is 0.316 e. The maximum atomic E-state index is 13.9. The van der Waals surface area contributed by atoms with Crippen molar-refractivity contribution in [3.63, 3.8) is 0 Å². The van der Waals surface area contributed by atoms with Crippen LogP contribution in [0.25, 0.3) is 0 Å². The van der Waals surface area contributed by atoms with Crippen molar-refractivity contribution < 1.29 is 8.78 Å². The van der Waals surface area contributed by atoms with Crippen molar-refractivity contribution in [1.29, 1.82) is 0 Å². The predicted octanol–water partition coefficient (Wildman–Crippen LogP) is 4.46. The normalized spacial score (nSPS) is 18.1. The Kier molecular flexibility index (Phi) is 5.53. The van der Waals surface area contributed by atoms with Gasteiger partial charge < -0.3 is 5.32 Å². The van der Waals surface area contributed by atoms with Gasteiger partial charge in [-0.2, -0.15) is 0 Å². The molecular weight excluding hydrogens is 256 g/mol. The lowest BCUT2D eigenvalue weighted by atomic mass is 9.70. The van der Waals surface area contributed by atoms with E-state index < -0.39 is 11.6 Å². The molecule has 0 bridgehead atoms. The second-order valence-electron chi connectivity index (χ2n) is 6.11. The first-order valence-electron chi connectivity index (χ1n) is 7.80. The Balaban J connectivity index is 2.14. The van der Waals surface area contributed by atoms with Gasteiger partial charge in [-0.25, -0.2) is 8.78 Å². The Morgan fingerprint density at radius 1 is 1.10 bits per heavy atom. The Morgan fingerprint density at radius 2 is 1.75 bits per heavy atom. The summed E-state index contributed by atoms with van der Waals surface area (Å²) in [6.45, 7) is 3.98. The van der Waals surface area contributed by atoms with Gasteiger partial charge in [0.25, 0.3) is 0 Å². The SMILES string of the molecule is CCCNCC1(Cc2c(F)cccc2F)CCCCC1. The molecule has 1 aliphatic carbocycles. The van der Waals surface area contributed by atoms with E-state index in [0.717, 1.165) is 32.4 Å². The lowest BCUT2D eigenvalue weighted by Crippen LogP contribution is -2.38. The van der Waals surface area contributed by atoms with E-state index in [4.69, 9.17) is 0 Å². The first-order chi connectivity index (χ1) is 9.67. The van der Waals surface area contributed by atoms with Gasteiger partial charge in [0.15, 0.2) is 0 Å². The van der Waals surface area contributed by atoms with E-state index in [1.54, 1.807) is 0 Å². The monoisotopic (exact) mass is 281 g/mol. The second-order valence-corrected chi connectivity index (χ2v) is 6.11. The number of halogens is 2. The average molecular weight is 281 g/mol. The molecule has 20 heavy (non-hydrogen) atoms. The Morgan fingerprint density at radius 3 is 2.35 bits per heavy atom. The molecule has 0 saturated heterocycles. The molecule has 1 aromatic rings.